The van der Waals surface area contributed by atoms with Crippen molar-refractivity contribution in [2.24, 2.45) is 5.73 Å². The van der Waals surface area contributed by atoms with Crippen LogP contribution >= 0.6 is 0 Å². The first-order chi connectivity index (χ1) is 5.58. The van der Waals surface area contributed by atoms with Gasteiger partial charge in [-0.15, -0.1) is 0 Å². The minimum Gasteiger partial charge on any atom is -0.351 e. The normalized spacial score (nSPS) is 6.25. The lowest BCUT2D eigenvalue weighted by Crippen LogP contribution is -2.34. The number of rotatable bonds is 1. The molecule has 6 heteroatoms. The smallest absolute Gasteiger partial charge is 0.318 e. The lowest BCUT2D eigenvalue weighted by Gasteiger charge is -1.92. The van der Waals surface area contributed by atoms with E-state index in [0.29, 0.717) is 0 Å². The maximum Gasteiger partial charge on any atom is 0.318 e. The third-order valence-electron chi connectivity index (χ3n) is 0.634. The first-order valence-corrected chi connectivity index (χ1v) is 2.95. The number of nitrogens with zero attached hydrogens (tertiary/aromatic N) is 2. The Morgan fingerprint density at radius 1 is 1.42 bits per heavy atom. The predicted octanol–water partition coefficient (Wildman–Crippen LogP) is -0.375. The van der Waals surface area contributed by atoms with Crippen LogP contribution in [0.1, 0.15) is 13.3 Å². The van der Waals surface area contributed by atoms with Crippen LogP contribution in [-0.2, 0) is 4.79 Å². The fourth-order valence-corrected chi connectivity index (χ4v) is 0.226. The third kappa shape index (κ3) is 15.7. The van der Waals surface area contributed by atoms with Crippen molar-refractivity contribution in [3.05, 3.63) is 0 Å². The van der Waals surface area contributed by atoms with Gasteiger partial charge in [0.1, 0.15) is 0 Å². The molecule has 3 amide bonds. The van der Waals surface area contributed by atoms with Crippen molar-refractivity contribution in [2.75, 3.05) is 0 Å². The fourth-order valence-electron chi connectivity index (χ4n) is 0.226. The molecule has 0 rings (SSSR count). The number of carbonyl (C=O) groups excluding carboxylic acids is 2. The Kier molecular flexibility index (Phi) is 9.35. The lowest BCUT2D eigenvalue weighted by atomic mass is 10.5. The highest BCUT2D eigenvalue weighted by molar-refractivity contribution is 5.93. The van der Waals surface area contributed by atoms with Crippen LogP contribution in [-0.4, -0.2) is 11.9 Å². The van der Waals surface area contributed by atoms with Gasteiger partial charge in [0.15, 0.2) is 12.1 Å². The number of urea groups is 1. The largest absolute Gasteiger partial charge is 0.351 e. The number of hydrogen-bond acceptors (Lipinski definition) is 4. The predicted molar refractivity (Wildman–Crippen MR) is 39.2 cm³/mol. The number of carbonyl (C=O) groups is 2. The number of nitriles is 2. The zero-order valence-electron chi connectivity index (χ0n) is 6.50. The van der Waals surface area contributed by atoms with Gasteiger partial charge in [0.25, 0.3) is 0 Å². The van der Waals surface area contributed by atoms with Crippen LogP contribution in [0.5, 0.6) is 0 Å². The lowest BCUT2D eigenvalue weighted by molar-refractivity contribution is -0.119. The molecule has 0 spiro atoms. The summed E-state index contributed by atoms with van der Waals surface area (Å²) in [6.45, 7) is 1.64. The Hall–Kier alpha value is -2.08. The second-order valence-corrected chi connectivity index (χ2v) is 1.49. The molecule has 0 bridgehead atoms. The van der Waals surface area contributed by atoms with Crippen LogP contribution in [0.15, 0.2) is 0 Å². The van der Waals surface area contributed by atoms with Gasteiger partial charge in [-0.1, -0.05) is 6.92 Å². The van der Waals surface area contributed by atoms with Crippen LogP contribution in [0.4, 0.5) is 4.79 Å². The van der Waals surface area contributed by atoms with Crippen LogP contribution in [0.2, 0.25) is 0 Å². The quantitative estimate of drug-likeness (QED) is 0.554. The minimum atomic E-state index is -0.795. The van der Waals surface area contributed by atoms with Gasteiger partial charge < -0.3 is 5.73 Å². The molecule has 0 aliphatic carbocycles. The molecular weight excluding hydrogens is 160 g/mol. The van der Waals surface area contributed by atoms with Crippen LogP contribution in [0, 0.1) is 22.7 Å². The zero-order valence-corrected chi connectivity index (χ0v) is 6.50. The molecule has 0 aliphatic rings. The SMILES string of the molecule is CCC(=O)NC(N)=O.N#CC#N. The maximum absolute atomic E-state index is 10.2. The average Bonchev–Trinajstić information content (AvgIpc) is 2.04. The van der Waals surface area contributed by atoms with Gasteiger partial charge in [-0.25, -0.2) is 4.79 Å². The molecule has 0 saturated heterocycles. The molecule has 0 unspecified atom stereocenters. The van der Waals surface area contributed by atoms with Gasteiger partial charge in [0.2, 0.25) is 5.91 Å². The molecule has 3 N–H and O–H groups in total. The summed E-state index contributed by atoms with van der Waals surface area (Å²) >= 11 is 0. The Balaban J connectivity index is 0. The van der Waals surface area contributed by atoms with Gasteiger partial charge in [0, 0.05) is 6.42 Å². The maximum atomic E-state index is 10.2. The van der Waals surface area contributed by atoms with E-state index >= 15 is 0 Å². The molecule has 0 aliphatic heterocycles. The zero-order chi connectivity index (χ0) is 9.98. The van der Waals surface area contributed by atoms with E-state index in [1.807, 2.05) is 5.32 Å². The summed E-state index contributed by atoms with van der Waals surface area (Å²) in [7, 11) is 0. The standard InChI is InChI=1S/C4H8N2O2.C2N2/c1-2-3(7)6-4(5)8;3-1-2-4/h2H2,1H3,(H3,5,6,7,8);. The number of amides is 3. The van der Waals surface area contributed by atoms with Crippen LogP contribution < -0.4 is 11.1 Å². The summed E-state index contributed by atoms with van der Waals surface area (Å²) in [5, 5.41) is 16.4. The van der Waals surface area contributed by atoms with Crippen LogP contribution in [0.3, 0.4) is 0 Å². The third-order valence-corrected chi connectivity index (χ3v) is 0.634. The number of nitrogens with two attached hydrogens (primary N) is 1. The van der Waals surface area contributed by atoms with E-state index in [2.05, 4.69) is 5.73 Å². The summed E-state index contributed by atoms with van der Waals surface area (Å²) in [5.74, 6) is -0.350. The summed E-state index contributed by atoms with van der Waals surface area (Å²) in [5.41, 5.74) is 4.60. The Morgan fingerprint density at radius 2 is 1.83 bits per heavy atom. The Labute approximate surface area is 69.6 Å². The second-order valence-electron chi connectivity index (χ2n) is 1.49. The van der Waals surface area contributed by atoms with E-state index in [1.54, 1.807) is 6.92 Å². The average molecular weight is 168 g/mol. The van der Waals surface area contributed by atoms with Gasteiger partial charge >= 0.3 is 6.03 Å². The van der Waals surface area contributed by atoms with E-state index in [0.717, 1.165) is 0 Å². The molecule has 64 valence electrons. The topological polar surface area (TPSA) is 120 Å². The molecule has 0 fully saturated rings. The monoisotopic (exact) mass is 168 g/mol. The van der Waals surface area contributed by atoms with Crippen molar-refractivity contribution in [1.82, 2.24) is 5.32 Å². The van der Waals surface area contributed by atoms with E-state index in [-0.39, 0.29) is 12.3 Å². The highest BCUT2D eigenvalue weighted by Crippen LogP contribution is 1.71. The summed E-state index contributed by atoms with van der Waals surface area (Å²) < 4.78 is 0. The molecule has 6 nitrogen and oxygen atoms in total. The molecule has 12 heavy (non-hydrogen) atoms. The summed E-state index contributed by atoms with van der Waals surface area (Å²) in [6.07, 6.45) is 0.281. The first kappa shape index (κ1) is 12.6. The van der Waals surface area contributed by atoms with Crippen molar-refractivity contribution >= 4 is 11.9 Å². The van der Waals surface area contributed by atoms with Gasteiger partial charge in [-0.2, -0.15) is 10.5 Å². The highest BCUT2D eigenvalue weighted by Gasteiger charge is 1.97. The molecule has 0 atom stereocenters. The minimum absolute atomic E-state index is 0.281. The number of imide groups is 1. The molecule has 0 saturated carbocycles. The number of primary amides is 1. The first-order valence-electron chi connectivity index (χ1n) is 2.95. The number of hydrogen-bond donors (Lipinski definition) is 2. The Bertz CT molecular complexity index is 223. The van der Waals surface area contributed by atoms with Crippen LogP contribution in [0.25, 0.3) is 0 Å². The molecule has 0 aromatic carbocycles. The number of nitrogens with one attached hydrogen (secondary N) is 1. The molecule has 0 aromatic rings. The molecule has 0 radical (unpaired) electrons. The van der Waals surface area contributed by atoms with Crippen molar-refractivity contribution < 1.29 is 9.59 Å². The van der Waals surface area contributed by atoms with Gasteiger partial charge in [0.05, 0.1) is 0 Å². The fraction of sp³-hybridized carbons (Fsp3) is 0.333. The van der Waals surface area contributed by atoms with E-state index < -0.39 is 6.03 Å². The van der Waals surface area contributed by atoms with Crippen molar-refractivity contribution in [3.8, 4) is 12.1 Å². The van der Waals surface area contributed by atoms with E-state index in [1.165, 1.54) is 12.1 Å². The summed E-state index contributed by atoms with van der Waals surface area (Å²) in [6, 6.07) is 1.68. The van der Waals surface area contributed by atoms with Gasteiger partial charge in [-0.05, 0) is 0 Å². The second kappa shape index (κ2) is 8.92. The van der Waals surface area contributed by atoms with Gasteiger partial charge in [-0.3, -0.25) is 10.1 Å². The Morgan fingerprint density at radius 3 is 1.92 bits per heavy atom. The highest BCUT2D eigenvalue weighted by atomic mass is 16.2. The molecule has 0 heterocycles. The van der Waals surface area contributed by atoms with E-state index in [4.69, 9.17) is 10.5 Å². The molecular formula is C6H8N4O2. The summed E-state index contributed by atoms with van der Waals surface area (Å²) in [4.78, 5) is 20.1. The molecule has 0 aromatic heterocycles. The van der Waals surface area contributed by atoms with E-state index in [9.17, 15) is 9.59 Å². The van der Waals surface area contributed by atoms with Crippen molar-refractivity contribution in [2.45, 2.75) is 13.3 Å². The van der Waals surface area contributed by atoms with Crippen molar-refractivity contribution in [3.63, 3.8) is 0 Å². The van der Waals surface area contributed by atoms with Crippen molar-refractivity contribution in [1.29, 1.82) is 10.5 Å².